The Morgan fingerprint density at radius 2 is 1.74 bits per heavy atom. The van der Waals surface area contributed by atoms with Gasteiger partial charge in [0.25, 0.3) is 0 Å². The minimum Gasteiger partial charge on any atom is -0.324 e. The fourth-order valence-corrected chi connectivity index (χ4v) is 4.40. The van der Waals surface area contributed by atoms with Crippen molar-refractivity contribution in [2.24, 2.45) is 23.7 Å². The first kappa shape index (κ1) is 14.6. The summed E-state index contributed by atoms with van der Waals surface area (Å²) in [5.41, 5.74) is 0.624. The molecule has 23 heavy (non-hydrogen) atoms. The van der Waals surface area contributed by atoms with E-state index < -0.39 is 0 Å². The van der Waals surface area contributed by atoms with Gasteiger partial charge in [0, 0.05) is 4.47 Å². The van der Waals surface area contributed by atoms with Gasteiger partial charge < -0.3 is 5.32 Å². The molecule has 5 nitrogen and oxygen atoms in total. The van der Waals surface area contributed by atoms with Crippen LogP contribution in [0.15, 0.2) is 40.9 Å². The Morgan fingerprint density at radius 1 is 1.13 bits per heavy atom. The summed E-state index contributed by atoms with van der Waals surface area (Å²) in [5, 5.41) is 2.73. The second-order valence-electron chi connectivity index (χ2n) is 6.29. The molecule has 4 rings (SSSR count). The summed E-state index contributed by atoms with van der Waals surface area (Å²) in [6, 6.07) is 7.22. The predicted octanol–water partition coefficient (Wildman–Crippen LogP) is 2.19. The molecule has 1 aromatic carbocycles. The molecule has 2 fully saturated rings. The lowest BCUT2D eigenvalue weighted by Gasteiger charge is -2.17. The number of carbonyl (C=O) groups is 3. The van der Waals surface area contributed by atoms with Crippen LogP contribution >= 0.6 is 15.9 Å². The Labute approximate surface area is 141 Å². The highest BCUT2D eigenvalue weighted by molar-refractivity contribution is 9.10. The maximum Gasteiger partial charge on any atom is 0.244 e. The molecule has 0 spiro atoms. The van der Waals surface area contributed by atoms with Crippen LogP contribution in [0.3, 0.4) is 0 Å². The third kappa shape index (κ3) is 2.24. The molecular formula is C17H15BrN2O3. The number of hydrogen-bond acceptors (Lipinski definition) is 3. The monoisotopic (exact) mass is 374 g/mol. The summed E-state index contributed by atoms with van der Waals surface area (Å²) >= 11 is 3.35. The molecule has 1 aliphatic heterocycles. The van der Waals surface area contributed by atoms with Crippen molar-refractivity contribution < 1.29 is 14.4 Å². The van der Waals surface area contributed by atoms with E-state index in [-0.39, 0.29) is 47.9 Å². The lowest BCUT2D eigenvalue weighted by Crippen LogP contribution is -2.39. The van der Waals surface area contributed by atoms with Crippen molar-refractivity contribution in [2.45, 2.75) is 6.42 Å². The van der Waals surface area contributed by atoms with Gasteiger partial charge in [0.05, 0.1) is 17.5 Å². The van der Waals surface area contributed by atoms with Gasteiger partial charge in [-0.05, 0) is 46.3 Å². The van der Waals surface area contributed by atoms with Gasteiger partial charge in [0.15, 0.2) is 0 Å². The average molecular weight is 375 g/mol. The Morgan fingerprint density at radius 3 is 2.35 bits per heavy atom. The van der Waals surface area contributed by atoms with Crippen LogP contribution < -0.4 is 5.32 Å². The number of fused-ring (bicyclic) bond motifs is 5. The van der Waals surface area contributed by atoms with E-state index in [1.54, 1.807) is 12.1 Å². The lowest BCUT2D eigenvalue weighted by molar-refractivity contribution is -0.143. The quantitative estimate of drug-likeness (QED) is 0.651. The molecule has 2 bridgehead atoms. The minimum absolute atomic E-state index is 0.165. The molecule has 4 atom stereocenters. The van der Waals surface area contributed by atoms with Crippen molar-refractivity contribution in [1.82, 2.24) is 4.90 Å². The fourth-order valence-electron chi connectivity index (χ4n) is 4.02. The number of amides is 3. The number of carbonyl (C=O) groups excluding carboxylic acids is 3. The van der Waals surface area contributed by atoms with Gasteiger partial charge in [-0.1, -0.05) is 24.3 Å². The van der Waals surface area contributed by atoms with Crippen molar-refractivity contribution in [3.63, 3.8) is 0 Å². The van der Waals surface area contributed by atoms with Crippen LogP contribution in [-0.4, -0.2) is 29.2 Å². The summed E-state index contributed by atoms with van der Waals surface area (Å²) < 4.78 is 0.756. The molecule has 1 saturated carbocycles. The topological polar surface area (TPSA) is 66.5 Å². The Bertz CT molecular complexity index is 715. The van der Waals surface area contributed by atoms with Crippen LogP contribution in [0, 0.1) is 23.7 Å². The van der Waals surface area contributed by atoms with Gasteiger partial charge in [-0.15, -0.1) is 0 Å². The highest BCUT2D eigenvalue weighted by Gasteiger charge is 2.59. The highest BCUT2D eigenvalue weighted by Crippen LogP contribution is 2.52. The first-order chi connectivity index (χ1) is 11.1. The number of anilines is 1. The average Bonchev–Trinajstić information content (AvgIpc) is 3.19. The number of para-hydroxylation sites is 1. The number of likely N-dealkylation sites (tertiary alicyclic amines) is 1. The van der Waals surface area contributed by atoms with E-state index in [1.165, 1.54) is 0 Å². The van der Waals surface area contributed by atoms with E-state index in [4.69, 9.17) is 0 Å². The van der Waals surface area contributed by atoms with Crippen molar-refractivity contribution in [2.75, 3.05) is 11.9 Å². The Kier molecular flexibility index (Phi) is 3.37. The maximum absolute atomic E-state index is 12.5. The van der Waals surface area contributed by atoms with Crippen molar-refractivity contribution >= 4 is 39.3 Å². The first-order valence-electron chi connectivity index (χ1n) is 7.64. The number of nitrogens with one attached hydrogen (secondary N) is 1. The first-order valence-corrected chi connectivity index (χ1v) is 8.43. The number of rotatable bonds is 3. The molecule has 6 heteroatoms. The number of nitrogens with zero attached hydrogens (tertiary/aromatic N) is 1. The Hall–Kier alpha value is -1.95. The van der Waals surface area contributed by atoms with Gasteiger partial charge in [0.2, 0.25) is 17.7 Å². The third-order valence-electron chi connectivity index (χ3n) is 5.01. The van der Waals surface area contributed by atoms with E-state index in [2.05, 4.69) is 21.2 Å². The molecule has 2 aliphatic carbocycles. The van der Waals surface area contributed by atoms with Gasteiger partial charge >= 0.3 is 0 Å². The van der Waals surface area contributed by atoms with Gasteiger partial charge in [-0.2, -0.15) is 0 Å². The lowest BCUT2D eigenvalue weighted by atomic mass is 9.85. The molecule has 1 N–H and O–H groups in total. The van der Waals surface area contributed by atoms with E-state index in [1.807, 2.05) is 24.3 Å². The molecule has 1 aromatic rings. The van der Waals surface area contributed by atoms with Crippen LogP contribution in [-0.2, 0) is 14.4 Å². The van der Waals surface area contributed by atoms with Gasteiger partial charge in [-0.25, -0.2) is 0 Å². The number of hydrogen-bond donors (Lipinski definition) is 1. The molecule has 118 valence electrons. The van der Waals surface area contributed by atoms with E-state index in [0.29, 0.717) is 5.69 Å². The van der Waals surface area contributed by atoms with Crippen molar-refractivity contribution in [1.29, 1.82) is 0 Å². The van der Waals surface area contributed by atoms with Crippen molar-refractivity contribution in [3.05, 3.63) is 40.9 Å². The molecule has 0 unspecified atom stereocenters. The number of halogens is 1. The van der Waals surface area contributed by atoms with Crippen molar-refractivity contribution in [3.8, 4) is 0 Å². The minimum atomic E-state index is -0.362. The Balaban J connectivity index is 1.48. The summed E-state index contributed by atoms with van der Waals surface area (Å²) in [5.74, 6) is -0.935. The molecule has 0 radical (unpaired) electrons. The smallest absolute Gasteiger partial charge is 0.244 e. The van der Waals surface area contributed by atoms with Crippen LogP contribution in [0.2, 0.25) is 0 Å². The zero-order valence-electron chi connectivity index (χ0n) is 12.2. The van der Waals surface area contributed by atoms with Crippen LogP contribution in [0.5, 0.6) is 0 Å². The molecule has 3 aliphatic rings. The molecule has 0 aromatic heterocycles. The molecule has 1 saturated heterocycles. The van der Waals surface area contributed by atoms with Crippen LogP contribution in [0.1, 0.15) is 6.42 Å². The SMILES string of the molecule is O=C(CN1C(=O)[C@@H]2[C@@H](C1=O)[C@H]1C=C[C@H]2C1)Nc1ccccc1Br. The molecular weight excluding hydrogens is 360 g/mol. The zero-order chi connectivity index (χ0) is 16.1. The fraction of sp³-hybridized carbons (Fsp3) is 0.353. The van der Waals surface area contributed by atoms with Crippen LogP contribution in [0.25, 0.3) is 0 Å². The number of benzene rings is 1. The highest BCUT2D eigenvalue weighted by atomic mass is 79.9. The van der Waals surface area contributed by atoms with E-state index in [0.717, 1.165) is 15.8 Å². The largest absolute Gasteiger partial charge is 0.324 e. The summed E-state index contributed by atoms with van der Waals surface area (Å²) in [6.45, 7) is -0.217. The standard InChI is InChI=1S/C17H15BrN2O3/c18-11-3-1-2-4-12(11)19-13(21)8-20-16(22)14-9-5-6-10(7-9)15(14)17(20)23/h1-6,9-10,14-15H,7-8H2,(H,19,21)/t9-,10-,14-,15-/m0/s1. The maximum atomic E-state index is 12.5. The second-order valence-corrected chi connectivity index (χ2v) is 7.14. The molecule has 1 heterocycles. The zero-order valence-corrected chi connectivity index (χ0v) is 13.8. The molecule has 3 amide bonds. The van der Waals surface area contributed by atoms with E-state index in [9.17, 15) is 14.4 Å². The summed E-state index contributed by atoms with van der Waals surface area (Å²) in [4.78, 5) is 38.4. The van der Waals surface area contributed by atoms with Gasteiger partial charge in [-0.3, -0.25) is 19.3 Å². The number of allylic oxidation sites excluding steroid dienone is 2. The number of imide groups is 1. The van der Waals surface area contributed by atoms with Gasteiger partial charge in [0.1, 0.15) is 6.54 Å². The summed E-state index contributed by atoms with van der Waals surface area (Å²) in [6.07, 6.45) is 4.98. The second kappa shape index (κ2) is 5.30. The van der Waals surface area contributed by atoms with Crippen LogP contribution in [0.4, 0.5) is 5.69 Å². The summed E-state index contributed by atoms with van der Waals surface area (Å²) in [7, 11) is 0. The third-order valence-corrected chi connectivity index (χ3v) is 5.70. The van der Waals surface area contributed by atoms with E-state index >= 15 is 0 Å². The normalized spacial score (nSPS) is 30.9. The predicted molar refractivity (Wildman–Crippen MR) is 87.2 cm³/mol.